The topological polar surface area (TPSA) is 95.9 Å². The first-order chi connectivity index (χ1) is 8.10. The Balaban J connectivity index is 2.54. The van der Waals surface area contributed by atoms with E-state index in [1.165, 1.54) is 7.11 Å². The number of carbonyl (C=O) groups excluding carboxylic acids is 1. The number of hydrogen-bond donors (Lipinski definition) is 3. The Morgan fingerprint density at radius 3 is 2.59 bits per heavy atom. The minimum Gasteiger partial charge on any atom is -0.481 e. The van der Waals surface area contributed by atoms with Gasteiger partial charge in [-0.2, -0.15) is 0 Å². The van der Waals surface area contributed by atoms with Crippen LogP contribution in [0.15, 0.2) is 0 Å². The number of methoxy groups -OCH3 is 1. The summed E-state index contributed by atoms with van der Waals surface area (Å²) < 4.78 is 4.84. The Bertz CT molecular complexity index is 281. The van der Waals surface area contributed by atoms with Crippen molar-refractivity contribution in [2.75, 3.05) is 20.3 Å². The van der Waals surface area contributed by atoms with Gasteiger partial charge in [0, 0.05) is 7.11 Å². The summed E-state index contributed by atoms with van der Waals surface area (Å²) in [4.78, 5) is 22.8. The predicted octanol–water partition coefficient (Wildman–Crippen LogP) is -0.389. The molecule has 98 valence electrons. The molecule has 1 rings (SSSR count). The van der Waals surface area contributed by atoms with Gasteiger partial charge in [0.2, 0.25) is 5.91 Å². The highest BCUT2D eigenvalue weighted by Crippen LogP contribution is 2.32. The van der Waals surface area contributed by atoms with E-state index in [0.29, 0.717) is 12.8 Å². The molecule has 1 aliphatic rings. The molecule has 17 heavy (non-hydrogen) atoms. The molecule has 0 heterocycles. The normalized spacial score (nSPS) is 25.5. The molecule has 1 aliphatic carbocycles. The highest BCUT2D eigenvalue weighted by molar-refractivity contribution is 5.85. The quantitative estimate of drug-likeness (QED) is 0.592. The fourth-order valence-corrected chi connectivity index (χ4v) is 2.22. The van der Waals surface area contributed by atoms with Gasteiger partial charge in [-0.25, -0.2) is 0 Å². The van der Waals surface area contributed by atoms with Gasteiger partial charge in [-0.3, -0.25) is 9.59 Å². The number of carboxylic acids is 1. The maximum atomic E-state index is 11.9. The molecule has 0 radical (unpaired) electrons. The van der Waals surface area contributed by atoms with Gasteiger partial charge >= 0.3 is 5.97 Å². The zero-order chi connectivity index (χ0) is 12.8. The van der Waals surface area contributed by atoms with E-state index in [1.807, 2.05) is 0 Å². The molecule has 1 fully saturated rings. The van der Waals surface area contributed by atoms with Gasteiger partial charge in [0.05, 0.1) is 31.1 Å². The second kappa shape index (κ2) is 6.56. The van der Waals surface area contributed by atoms with Gasteiger partial charge in [0.15, 0.2) is 0 Å². The fourth-order valence-electron chi connectivity index (χ4n) is 2.22. The van der Waals surface area contributed by atoms with Crippen LogP contribution in [-0.2, 0) is 14.3 Å². The molecule has 3 N–H and O–H groups in total. The summed E-state index contributed by atoms with van der Waals surface area (Å²) >= 11 is 0. The van der Waals surface area contributed by atoms with Crippen LogP contribution in [-0.4, -0.2) is 48.5 Å². The average molecular weight is 245 g/mol. The van der Waals surface area contributed by atoms with E-state index < -0.39 is 23.8 Å². The molecule has 0 aromatic carbocycles. The first-order valence-corrected chi connectivity index (χ1v) is 5.73. The van der Waals surface area contributed by atoms with Crippen molar-refractivity contribution >= 4 is 11.9 Å². The first-order valence-electron chi connectivity index (χ1n) is 5.73. The highest BCUT2D eigenvalue weighted by Gasteiger charge is 2.38. The van der Waals surface area contributed by atoms with Crippen molar-refractivity contribution < 1.29 is 24.5 Å². The lowest BCUT2D eigenvalue weighted by atomic mass is 9.95. The van der Waals surface area contributed by atoms with E-state index in [0.717, 1.165) is 6.42 Å². The molecule has 1 amide bonds. The Morgan fingerprint density at radius 1 is 1.41 bits per heavy atom. The van der Waals surface area contributed by atoms with Crippen LogP contribution in [0.4, 0.5) is 0 Å². The van der Waals surface area contributed by atoms with Gasteiger partial charge in [-0.1, -0.05) is 6.42 Å². The minimum absolute atomic E-state index is 0.215. The minimum atomic E-state index is -0.921. The summed E-state index contributed by atoms with van der Waals surface area (Å²) in [6.07, 6.45) is 1.89. The number of amides is 1. The van der Waals surface area contributed by atoms with Crippen molar-refractivity contribution in [1.82, 2.24) is 5.32 Å². The number of carbonyl (C=O) groups is 2. The number of aliphatic carboxylic acids is 1. The molecule has 3 atom stereocenters. The molecular formula is C11H19NO5. The summed E-state index contributed by atoms with van der Waals surface area (Å²) in [5.41, 5.74) is 0. The Labute approximate surface area is 100.0 Å². The molecule has 0 aliphatic heterocycles. The zero-order valence-electron chi connectivity index (χ0n) is 9.89. The van der Waals surface area contributed by atoms with Crippen LogP contribution in [0.5, 0.6) is 0 Å². The third kappa shape index (κ3) is 3.67. The summed E-state index contributed by atoms with van der Waals surface area (Å²) in [6, 6.07) is -0.470. The third-order valence-electron chi connectivity index (χ3n) is 3.10. The van der Waals surface area contributed by atoms with Crippen LogP contribution in [0.3, 0.4) is 0 Å². The second-order valence-electron chi connectivity index (χ2n) is 4.33. The van der Waals surface area contributed by atoms with Gasteiger partial charge in [-0.05, 0) is 12.8 Å². The zero-order valence-corrected chi connectivity index (χ0v) is 9.89. The van der Waals surface area contributed by atoms with Crippen molar-refractivity contribution in [2.45, 2.75) is 25.3 Å². The molecule has 0 saturated heterocycles. The Kier molecular flexibility index (Phi) is 5.37. The number of hydrogen-bond acceptors (Lipinski definition) is 4. The summed E-state index contributed by atoms with van der Waals surface area (Å²) in [6.45, 7) is -0.00324. The molecule has 1 saturated carbocycles. The molecular weight excluding hydrogens is 226 g/mol. The van der Waals surface area contributed by atoms with E-state index in [9.17, 15) is 9.59 Å². The first kappa shape index (κ1) is 13.9. The largest absolute Gasteiger partial charge is 0.481 e. The highest BCUT2D eigenvalue weighted by atomic mass is 16.5. The second-order valence-corrected chi connectivity index (χ2v) is 4.33. The van der Waals surface area contributed by atoms with Crippen molar-refractivity contribution in [3.05, 3.63) is 0 Å². The van der Waals surface area contributed by atoms with Crippen LogP contribution in [0.25, 0.3) is 0 Å². The number of carboxylic acid groups (broad SMARTS) is 1. The number of aliphatic hydroxyl groups is 1. The van der Waals surface area contributed by atoms with Crippen molar-refractivity contribution in [3.8, 4) is 0 Å². The van der Waals surface area contributed by atoms with E-state index in [4.69, 9.17) is 14.9 Å². The molecule has 0 aromatic heterocycles. The van der Waals surface area contributed by atoms with Crippen LogP contribution in [0.2, 0.25) is 0 Å². The predicted molar refractivity (Wildman–Crippen MR) is 59.4 cm³/mol. The Morgan fingerprint density at radius 2 is 2.06 bits per heavy atom. The molecule has 6 heteroatoms. The van der Waals surface area contributed by atoms with Gasteiger partial charge < -0.3 is 20.3 Å². The fraction of sp³-hybridized carbons (Fsp3) is 0.818. The molecule has 3 unspecified atom stereocenters. The summed E-state index contributed by atoms with van der Waals surface area (Å²) in [7, 11) is 1.48. The molecule has 0 aromatic rings. The van der Waals surface area contributed by atoms with Crippen molar-refractivity contribution in [2.24, 2.45) is 11.8 Å². The molecule has 6 nitrogen and oxygen atoms in total. The third-order valence-corrected chi connectivity index (χ3v) is 3.10. The lowest BCUT2D eigenvalue weighted by molar-refractivity contribution is -0.146. The number of nitrogens with one attached hydrogen (secondary N) is 1. The van der Waals surface area contributed by atoms with E-state index in [1.54, 1.807) is 0 Å². The lowest BCUT2D eigenvalue weighted by Gasteiger charge is -2.20. The van der Waals surface area contributed by atoms with Crippen LogP contribution in [0, 0.1) is 11.8 Å². The SMILES string of the molecule is COCC(CO)NC(=O)C1CCCC1C(=O)O. The van der Waals surface area contributed by atoms with Crippen LogP contribution < -0.4 is 5.32 Å². The number of aliphatic hydroxyl groups excluding tert-OH is 1. The number of rotatable bonds is 6. The van der Waals surface area contributed by atoms with Gasteiger partial charge in [-0.15, -0.1) is 0 Å². The van der Waals surface area contributed by atoms with Gasteiger partial charge in [0.1, 0.15) is 0 Å². The standard InChI is InChI=1S/C11H19NO5/c1-17-6-7(5-13)12-10(14)8-3-2-4-9(8)11(15)16/h7-9,13H,2-6H2,1H3,(H,12,14)(H,15,16). The van der Waals surface area contributed by atoms with Crippen molar-refractivity contribution in [1.29, 1.82) is 0 Å². The van der Waals surface area contributed by atoms with E-state index >= 15 is 0 Å². The summed E-state index contributed by atoms with van der Waals surface area (Å²) in [5.74, 6) is -2.31. The number of ether oxygens (including phenoxy) is 1. The lowest BCUT2D eigenvalue weighted by Crippen LogP contribution is -2.45. The Hall–Kier alpha value is -1.14. The monoisotopic (exact) mass is 245 g/mol. The molecule has 0 bridgehead atoms. The maximum Gasteiger partial charge on any atom is 0.307 e. The molecule has 0 spiro atoms. The van der Waals surface area contributed by atoms with E-state index in [2.05, 4.69) is 5.32 Å². The summed E-state index contributed by atoms with van der Waals surface area (Å²) in [5, 5.41) is 20.6. The van der Waals surface area contributed by atoms with E-state index in [-0.39, 0.29) is 19.1 Å². The van der Waals surface area contributed by atoms with Gasteiger partial charge in [0.25, 0.3) is 0 Å². The average Bonchev–Trinajstić information content (AvgIpc) is 2.77. The van der Waals surface area contributed by atoms with Crippen LogP contribution in [0.1, 0.15) is 19.3 Å². The smallest absolute Gasteiger partial charge is 0.307 e. The van der Waals surface area contributed by atoms with Crippen molar-refractivity contribution in [3.63, 3.8) is 0 Å². The maximum absolute atomic E-state index is 11.9. The van der Waals surface area contributed by atoms with Crippen LogP contribution >= 0.6 is 0 Å².